The van der Waals surface area contributed by atoms with Gasteiger partial charge in [0, 0.05) is 16.6 Å². The summed E-state index contributed by atoms with van der Waals surface area (Å²) in [7, 11) is 0. The number of benzene rings is 2. The molecule has 0 fully saturated rings. The van der Waals surface area contributed by atoms with Gasteiger partial charge in [0.25, 0.3) is 0 Å². The molecule has 0 spiro atoms. The number of hydrogen-bond donors (Lipinski definition) is 1. The SMILES string of the molecule is O=C(Cn1c(C(F)(F)F)nc2ccccc21)Nc1ccc(-c2csnn2)cc1. The molecule has 0 saturated carbocycles. The zero-order valence-electron chi connectivity index (χ0n) is 14.1. The highest BCUT2D eigenvalue weighted by molar-refractivity contribution is 7.03. The first-order chi connectivity index (χ1) is 13.4. The molecule has 10 heteroatoms. The number of hydrogen-bond acceptors (Lipinski definition) is 5. The van der Waals surface area contributed by atoms with E-state index in [4.69, 9.17) is 0 Å². The fraction of sp³-hybridized carbons (Fsp3) is 0.111. The third-order valence-electron chi connectivity index (χ3n) is 4.03. The van der Waals surface area contributed by atoms with E-state index in [2.05, 4.69) is 19.9 Å². The van der Waals surface area contributed by atoms with Crippen molar-refractivity contribution in [2.24, 2.45) is 0 Å². The first-order valence-corrected chi connectivity index (χ1v) is 8.95. The molecule has 0 unspecified atom stereocenters. The van der Waals surface area contributed by atoms with Crippen molar-refractivity contribution in [3.63, 3.8) is 0 Å². The molecule has 0 radical (unpaired) electrons. The molecule has 4 rings (SSSR count). The Hall–Kier alpha value is -3.27. The van der Waals surface area contributed by atoms with Crippen molar-refractivity contribution < 1.29 is 18.0 Å². The van der Waals surface area contributed by atoms with Crippen molar-refractivity contribution in [2.75, 3.05) is 5.32 Å². The van der Waals surface area contributed by atoms with E-state index in [0.29, 0.717) is 11.4 Å². The maximum atomic E-state index is 13.3. The molecule has 0 atom stereocenters. The molecule has 1 N–H and O–H groups in total. The summed E-state index contributed by atoms with van der Waals surface area (Å²) in [5, 5.41) is 8.35. The monoisotopic (exact) mass is 403 g/mol. The second kappa shape index (κ2) is 7.04. The number of amides is 1. The van der Waals surface area contributed by atoms with Gasteiger partial charge in [0.05, 0.1) is 11.0 Å². The van der Waals surface area contributed by atoms with Gasteiger partial charge in [-0.15, -0.1) is 5.10 Å². The molecule has 0 aliphatic rings. The minimum absolute atomic E-state index is 0.184. The minimum atomic E-state index is -4.66. The lowest BCUT2D eigenvalue weighted by atomic mass is 10.1. The van der Waals surface area contributed by atoms with E-state index < -0.39 is 24.5 Å². The lowest BCUT2D eigenvalue weighted by Crippen LogP contribution is -2.23. The van der Waals surface area contributed by atoms with Gasteiger partial charge in [-0.25, -0.2) is 4.98 Å². The molecule has 142 valence electrons. The lowest BCUT2D eigenvalue weighted by Gasteiger charge is -2.12. The summed E-state index contributed by atoms with van der Waals surface area (Å²) in [5.41, 5.74) is 2.43. The fourth-order valence-electron chi connectivity index (χ4n) is 2.81. The number of imidazole rings is 1. The Balaban J connectivity index is 1.56. The smallest absolute Gasteiger partial charge is 0.325 e. The number of nitrogens with zero attached hydrogens (tertiary/aromatic N) is 4. The fourth-order valence-corrected chi connectivity index (χ4v) is 3.28. The standard InChI is InChI=1S/C18H12F3N5OS/c19-18(20,21)17-23-13-3-1-2-4-15(13)26(17)9-16(27)22-12-7-5-11(6-8-12)14-10-28-25-24-14/h1-8,10H,9H2,(H,22,27). The van der Waals surface area contributed by atoms with Gasteiger partial charge in [-0.1, -0.05) is 28.8 Å². The van der Waals surface area contributed by atoms with Crippen LogP contribution in [0.5, 0.6) is 0 Å². The van der Waals surface area contributed by atoms with Gasteiger partial charge in [0.2, 0.25) is 11.7 Å². The van der Waals surface area contributed by atoms with E-state index >= 15 is 0 Å². The summed E-state index contributed by atoms with van der Waals surface area (Å²) in [6, 6.07) is 13.0. The average Bonchev–Trinajstić information content (AvgIpc) is 3.31. The quantitative estimate of drug-likeness (QED) is 0.554. The van der Waals surface area contributed by atoms with E-state index in [9.17, 15) is 18.0 Å². The van der Waals surface area contributed by atoms with Crippen LogP contribution in [0.3, 0.4) is 0 Å². The van der Waals surface area contributed by atoms with Crippen molar-refractivity contribution in [3.05, 3.63) is 59.7 Å². The Labute approximate surface area is 160 Å². The Morgan fingerprint density at radius 1 is 1.11 bits per heavy atom. The van der Waals surface area contributed by atoms with Crippen molar-refractivity contribution in [2.45, 2.75) is 12.7 Å². The number of fused-ring (bicyclic) bond motifs is 1. The number of carbonyl (C=O) groups is 1. The summed E-state index contributed by atoms with van der Waals surface area (Å²) in [6.45, 7) is -0.507. The maximum absolute atomic E-state index is 13.3. The van der Waals surface area contributed by atoms with Crippen LogP contribution in [0.25, 0.3) is 22.3 Å². The highest BCUT2D eigenvalue weighted by atomic mass is 32.1. The third-order valence-corrected chi connectivity index (χ3v) is 4.54. The van der Waals surface area contributed by atoms with Gasteiger partial charge in [-0.3, -0.25) is 4.79 Å². The van der Waals surface area contributed by atoms with Crippen LogP contribution in [-0.2, 0) is 17.5 Å². The van der Waals surface area contributed by atoms with E-state index in [1.807, 2.05) is 0 Å². The van der Waals surface area contributed by atoms with Crippen LogP contribution in [0.2, 0.25) is 0 Å². The molecular weight excluding hydrogens is 391 g/mol. The number of alkyl halides is 3. The van der Waals surface area contributed by atoms with Crippen LogP contribution >= 0.6 is 11.5 Å². The molecule has 0 aliphatic heterocycles. The second-order valence-electron chi connectivity index (χ2n) is 5.92. The molecule has 0 aliphatic carbocycles. The molecule has 2 aromatic carbocycles. The average molecular weight is 403 g/mol. The van der Waals surface area contributed by atoms with Gasteiger partial charge in [0.1, 0.15) is 12.2 Å². The Morgan fingerprint density at radius 2 is 1.86 bits per heavy atom. The van der Waals surface area contributed by atoms with Crippen molar-refractivity contribution in [3.8, 4) is 11.3 Å². The zero-order chi connectivity index (χ0) is 19.7. The number of rotatable bonds is 4. The van der Waals surface area contributed by atoms with Gasteiger partial charge >= 0.3 is 6.18 Å². The summed E-state index contributed by atoms with van der Waals surface area (Å²) >= 11 is 1.22. The maximum Gasteiger partial charge on any atom is 0.449 e. The van der Waals surface area contributed by atoms with Crippen molar-refractivity contribution in [1.82, 2.24) is 19.1 Å². The number of carbonyl (C=O) groups excluding carboxylic acids is 1. The molecule has 0 saturated heterocycles. The summed E-state index contributed by atoms with van der Waals surface area (Å²) in [5.74, 6) is -1.69. The largest absolute Gasteiger partial charge is 0.449 e. The van der Waals surface area contributed by atoms with Crippen LogP contribution in [0, 0.1) is 0 Å². The van der Waals surface area contributed by atoms with E-state index in [1.54, 1.807) is 41.8 Å². The first kappa shape index (κ1) is 18.1. The Morgan fingerprint density at radius 3 is 2.54 bits per heavy atom. The van der Waals surface area contributed by atoms with Crippen molar-refractivity contribution >= 4 is 34.2 Å². The number of aromatic nitrogens is 4. The highest BCUT2D eigenvalue weighted by Gasteiger charge is 2.37. The normalized spacial score (nSPS) is 11.7. The minimum Gasteiger partial charge on any atom is -0.325 e. The van der Waals surface area contributed by atoms with Crippen molar-refractivity contribution in [1.29, 1.82) is 0 Å². The van der Waals surface area contributed by atoms with Crippen LogP contribution in [0.4, 0.5) is 18.9 Å². The Kier molecular flexibility index (Phi) is 4.55. The summed E-state index contributed by atoms with van der Waals surface area (Å²) in [4.78, 5) is 16.0. The third kappa shape index (κ3) is 3.58. The highest BCUT2D eigenvalue weighted by Crippen LogP contribution is 2.31. The van der Waals surface area contributed by atoms with E-state index in [1.165, 1.54) is 23.7 Å². The Bertz CT molecular complexity index is 1120. The first-order valence-electron chi connectivity index (χ1n) is 8.11. The van der Waals surface area contributed by atoms with E-state index in [-0.39, 0.29) is 11.0 Å². The lowest BCUT2D eigenvalue weighted by molar-refractivity contribution is -0.147. The van der Waals surface area contributed by atoms with Gasteiger partial charge in [0.15, 0.2) is 0 Å². The molecule has 2 heterocycles. The predicted octanol–water partition coefficient (Wildman–Crippen LogP) is 4.21. The van der Waals surface area contributed by atoms with Gasteiger partial charge < -0.3 is 9.88 Å². The number of halogens is 3. The van der Waals surface area contributed by atoms with Crippen LogP contribution < -0.4 is 5.32 Å². The molecule has 2 aromatic heterocycles. The molecule has 1 amide bonds. The number of para-hydroxylation sites is 2. The molecule has 28 heavy (non-hydrogen) atoms. The molecule has 0 bridgehead atoms. The molecule has 4 aromatic rings. The topological polar surface area (TPSA) is 72.7 Å². The molecule has 6 nitrogen and oxygen atoms in total. The predicted molar refractivity (Wildman–Crippen MR) is 98.7 cm³/mol. The van der Waals surface area contributed by atoms with E-state index in [0.717, 1.165) is 10.1 Å². The summed E-state index contributed by atoms with van der Waals surface area (Å²) in [6.07, 6.45) is -4.66. The second-order valence-corrected chi connectivity index (χ2v) is 6.53. The zero-order valence-corrected chi connectivity index (χ0v) is 15.0. The van der Waals surface area contributed by atoms with Crippen LogP contribution in [-0.4, -0.2) is 25.0 Å². The number of anilines is 1. The number of nitrogens with one attached hydrogen (secondary N) is 1. The van der Waals surface area contributed by atoms with Gasteiger partial charge in [-0.2, -0.15) is 13.2 Å². The summed E-state index contributed by atoms with van der Waals surface area (Å²) < 4.78 is 44.6. The molecular formula is C18H12F3N5OS. The van der Waals surface area contributed by atoms with Crippen LogP contribution in [0.1, 0.15) is 5.82 Å². The van der Waals surface area contributed by atoms with Crippen LogP contribution in [0.15, 0.2) is 53.9 Å². The van der Waals surface area contributed by atoms with Gasteiger partial charge in [-0.05, 0) is 35.8 Å².